The van der Waals surface area contributed by atoms with Crippen LogP contribution in [0.25, 0.3) is 0 Å². The Morgan fingerprint density at radius 1 is 0.958 bits per heavy atom. The normalized spacial score (nSPS) is 35.4. The highest BCUT2D eigenvalue weighted by molar-refractivity contribution is 5.98. The van der Waals surface area contributed by atoms with Gasteiger partial charge in [0, 0.05) is 0 Å². The Kier molecular flexibility index (Phi) is 4.17. The van der Waals surface area contributed by atoms with Crippen molar-refractivity contribution in [2.45, 2.75) is 77.4 Å². The van der Waals surface area contributed by atoms with E-state index in [9.17, 15) is 14.7 Å². The molecule has 0 aromatic rings. The van der Waals surface area contributed by atoms with Crippen LogP contribution in [0.1, 0.15) is 66.2 Å². The lowest BCUT2D eigenvalue weighted by Crippen LogP contribution is -2.52. The maximum absolute atomic E-state index is 12.5. The molecule has 4 aliphatic rings. The SMILES string of the molecule is C/C(C(=O)OC12CC3CC(CC(C3)C1)C2)=C(/O)C(=O)OC(C)(C)C. The molecule has 4 saturated carbocycles. The first-order chi connectivity index (χ1) is 11.1. The number of carbonyl (C=O) groups is 2. The van der Waals surface area contributed by atoms with E-state index < -0.39 is 23.3 Å². The highest BCUT2D eigenvalue weighted by Crippen LogP contribution is 2.57. The van der Waals surface area contributed by atoms with Gasteiger partial charge >= 0.3 is 11.9 Å². The number of carbonyl (C=O) groups excluding carboxylic acids is 2. The number of rotatable bonds is 3. The van der Waals surface area contributed by atoms with E-state index in [1.807, 2.05) is 0 Å². The second-order valence-corrected chi connectivity index (χ2v) is 8.97. The molecule has 0 aromatic heterocycles. The summed E-state index contributed by atoms with van der Waals surface area (Å²) in [5.41, 5.74) is -1.18. The van der Waals surface area contributed by atoms with Gasteiger partial charge in [-0.15, -0.1) is 0 Å². The number of aliphatic hydroxyl groups excluding tert-OH is 1. The molecule has 4 rings (SSSR count). The molecule has 0 aromatic carbocycles. The van der Waals surface area contributed by atoms with Crippen LogP contribution in [-0.2, 0) is 19.1 Å². The largest absolute Gasteiger partial charge is 0.501 e. The molecule has 4 aliphatic carbocycles. The van der Waals surface area contributed by atoms with Crippen molar-refractivity contribution in [3.8, 4) is 0 Å². The van der Waals surface area contributed by atoms with E-state index in [0.29, 0.717) is 17.8 Å². The van der Waals surface area contributed by atoms with E-state index in [2.05, 4.69) is 0 Å². The highest BCUT2D eigenvalue weighted by Gasteiger charge is 2.53. The van der Waals surface area contributed by atoms with Crippen LogP contribution >= 0.6 is 0 Å². The summed E-state index contributed by atoms with van der Waals surface area (Å²) in [5, 5.41) is 10.0. The Morgan fingerprint density at radius 2 is 1.42 bits per heavy atom. The predicted molar refractivity (Wildman–Crippen MR) is 88.2 cm³/mol. The van der Waals surface area contributed by atoms with Crippen LogP contribution in [0.3, 0.4) is 0 Å². The van der Waals surface area contributed by atoms with Crippen molar-refractivity contribution < 1.29 is 24.2 Å². The summed E-state index contributed by atoms with van der Waals surface area (Å²) in [7, 11) is 0. The number of hydrogen-bond donors (Lipinski definition) is 1. The summed E-state index contributed by atoms with van der Waals surface area (Å²) in [6.45, 7) is 6.55. The fourth-order valence-corrected chi connectivity index (χ4v) is 5.01. The molecule has 0 heterocycles. The van der Waals surface area contributed by atoms with Gasteiger partial charge in [0.05, 0.1) is 5.57 Å². The zero-order valence-corrected chi connectivity index (χ0v) is 15.1. The summed E-state index contributed by atoms with van der Waals surface area (Å²) in [6, 6.07) is 0. The molecule has 4 fully saturated rings. The van der Waals surface area contributed by atoms with Crippen molar-refractivity contribution in [3.63, 3.8) is 0 Å². The van der Waals surface area contributed by atoms with Gasteiger partial charge in [-0.2, -0.15) is 0 Å². The molecule has 0 spiro atoms. The lowest BCUT2D eigenvalue weighted by molar-refractivity contribution is -0.182. The van der Waals surface area contributed by atoms with Gasteiger partial charge in [0.25, 0.3) is 0 Å². The smallest absolute Gasteiger partial charge is 0.374 e. The molecule has 4 bridgehead atoms. The van der Waals surface area contributed by atoms with Crippen LogP contribution in [0.15, 0.2) is 11.3 Å². The van der Waals surface area contributed by atoms with Crippen molar-refractivity contribution in [3.05, 3.63) is 11.3 Å². The molecule has 0 amide bonds. The fourth-order valence-electron chi connectivity index (χ4n) is 5.01. The number of ether oxygens (including phenoxy) is 2. The van der Waals surface area contributed by atoms with E-state index in [0.717, 1.165) is 19.3 Å². The first-order valence-corrected chi connectivity index (χ1v) is 8.93. The number of esters is 2. The molecule has 0 aliphatic heterocycles. The predicted octanol–water partition coefficient (Wildman–Crippen LogP) is 3.67. The Morgan fingerprint density at radius 3 is 1.83 bits per heavy atom. The fraction of sp³-hybridized carbons (Fsp3) is 0.789. The van der Waals surface area contributed by atoms with Crippen LogP contribution in [0.5, 0.6) is 0 Å². The van der Waals surface area contributed by atoms with E-state index in [-0.39, 0.29) is 11.2 Å². The number of hydrogen-bond acceptors (Lipinski definition) is 5. The number of aliphatic hydroxyl groups is 1. The average Bonchev–Trinajstić information content (AvgIpc) is 2.41. The first kappa shape index (κ1) is 17.3. The Hall–Kier alpha value is -1.52. The molecule has 0 unspecified atom stereocenters. The maximum atomic E-state index is 12.5. The minimum absolute atomic E-state index is 0.0694. The van der Waals surface area contributed by atoms with Crippen molar-refractivity contribution in [1.82, 2.24) is 0 Å². The van der Waals surface area contributed by atoms with Gasteiger partial charge in [0.2, 0.25) is 5.76 Å². The van der Waals surface area contributed by atoms with Crippen molar-refractivity contribution in [2.75, 3.05) is 0 Å². The van der Waals surface area contributed by atoms with Gasteiger partial charge < -0.3 is 14.6 Å². The molecule has 0 saturated heterocycles. The molecule has 24 heavy (non-hydrogen) atoms. The van der Waals surface area contributed by atoms with E-state index in [1.54, 1.807) is 20.8 Å². The quantitative estimate of drug-likeness (QED) is 0.483. The third kappa shape index (κ3) is 3.45. The van der Waals surface area contributed by atoms with Crippen molar-refractivity contribution in [2.24, 2.45) is 17.8 Å². The lowest BCUT2D eigenvalue weighted by Gasteiger charge is -2.55. The van der Waals surface area contributed by atoms with Gasteiger partial charge in [-0.05, 0) is 84.0 Å². The third-order valence-electron chi connectivity index (χ3n) is 5.54. The van der Waals surface area contributed by atoms with E-state index in [1.165, 1.54) is 26.2 Å². The summed E-state index contributed by atoms with van der Waals surface area (Å²) in [6.07, 6.45) is 6.54. The zero-order valence-electron chi connectivity index (χ0n) is 15.1. The van der Waals surface area contributed by atoms with E-state index in [4.69, 9.17) is 9.47 Å². The Balaban J connectivity index is 1.70. The molecule has 0 atom stereocenters. The second-order valence-electron chi connectivity index (χ2n) is 8.97. The molecule has 134 valence electrons. The van der Waals surface area contributed by atoms with Crippen LogP contribution in [0.4, 0.5) is 0 Å². The first-order valence-electron chi connectivity index (χ1n) is 8.93. The monoisotopic (exact) mass is 336 g/mol. The van der Waals surface area contributed by atoms with Crippen molar-refractivity contribution >= 4 is 11.9 Å². The molecule has 0 radical (unpaired) electrons. The van der Waals surface area contributed by atoms with Gasteiger partial charge in [-0.1, -0.05) is 0 Å². The zero-order chi connectivity index (χ0) is 17.7. The summed E-state index contributed by atoms with van der Waals surface area (Å²) < 4.78 is 11.0. The second kappa shape index (κ2) is 5.78. The molecular weight excluding hydrogens is 308 g/mol. The lowest BCUT2D eigenvalue weighted by atomic mass is 9.54. The van der Waals surface area contributed by atoms with Crippen LogP contribution in [0.2, 0.25) is 0 Å². The third-order valence-corrected chi connectivity index (χ3v) is 5.54. The van der Waals surface area contributed by atoms with Crippen LogP contribution in [-0.4, -0.2) is 28.2 Å². The topological polar surface area (TPSA) is 72.8 Å². The van der Waals surface area contributed by atoms with Gasteiger partial charge in [-0.3, -0.25) is 0 Å². The van der Waals surface area contributed by atoms with Gasteiger partial charge in [0.1, 0.15) is 11.2 Å². The van der Waals surface area contributed by atoms with Crippen LogP contribution < -0.4 is 0 Å². The summed E-state index contributed by atoms with van der Waals surface area (Å²) in [5.74, 6) is -0.157. The minimum Gasteiger partial charge on any atom is -0.501 e. The van der Waals surface area contributed by atoms with Crippen LogP contribution in [0, 0.1) is 17.8 Å². The summed E-state index contributed by atoms with van der Waals surface area (Å²) >= 11 is 0. The standard InChI is InChI=1S/C19H28O5/c1-11(15(20)17(22)23-18(2,3)4)16(21)24-19-8-12-5-13(9-19)7-14(6-12)10-19/h12-14,20H,5-10H2,1-4H3/b15-11-. The molecule has 5 heteroatoms. The average molecular weight is 336 g/mol. The van der Waals surface area contributed by atoms with Crippen molar-refractivity contribution in [1.29, 1.82) is 0 Å². The Labute approximate surface area is 143 Å². The molecule has 5 nitrogen and oxygen atoms in total. The van der Waals surface area contributed by atoms with Gasteiger partial charge in [-0.25, -0.2) is 9.59 Å². The highest BCUT2D eigenvalue weighted by atomic mass is 16.6. The molecular formula is C19H28O5. The molecule has 1 N–H and O–H groups in total. The van der Waals surface area contributed by atoms with E-state index >= 15 is 0 Å². The van der Waals surface area contributed by atoms with Gasteiger partial charge in [0.15, 0.2) is 0 Å². The Bertz CT molecular complexity index is 546. The maximum Gasteiger partial charge on any atom is 0.374 e. The minimum atomic E-state index is -0.887. The summed E-state index contributed by atoms with van der Waals surface area (Å²) in [4.78, 5) is 24.4.